The zero-order valence-electron chi connectivity index (χ0n) is 6.94. The Balaban J connectivity index is 3.32. The number of hydrogen-bond donors (Lipinski definition) is 2. The molecule has 1 aromatic heterocycles. The van der Waals surface area contributed by atoms with E-state index in [9.17, 15) is 5.11 Å². The summed E-state index contributed by atoms with van der Waals surface area (Å²) >= 11 is 0. The van der Waals surface area contributed by atoms with E-state index in [-0.39, 0.29) is 5.75 Å². The molecule has 0 radical (unpaired) electrons. The average molecular weight is 166 g/mol. The van der Waals surface area contributed by atoms with Gasteiger partial charge in [0, 0.05) is 11.8 Å². The van der Waals surface area contributed by atoms with Gasteiger partial charge in [0.05, 0.1) is 11.9 Å². The fourth-order valence-corrected chi connectivity index (χ4v) is 0.927. The minimum absolute atomic E-state index is 0.0628. The first-order valence-electron chi connectivity index (χ1n) is 3.49. The van der Waals surface area contributed by atoms with Crippen molar-refractivity contribution in [3.8, 4) is 5.75 Å². The lowest BCUT2D eigenvalue weighted by Gasteiger charge is -2.03. The Morgan fingerprint density at radius 3 is 2.75 bits per heavy atom. The molecule has 4 nitrogen and oxygen atoms in total. The molecule has 2 N–H and O–H groups in total. The Bertz CT molecular complexity index is 321. The predicted octanol–water partition coefficient (Wildman–Crippen LogP) is 1.21. The largest absolute Gasteiger partial charge is 0.505 e. The van der Waals surface area contributed by atoms with Crippen molar-refractivity contribution >= 4 is 6.21 Å². The van der Waals surface area contributed by atoms with Crippen molar-refractivity contribution < 1.29 is 10.3 Å². The molecule has 0 saturated carbocycles. The average Bonchev–Trinajstić information content (AvgIpc) is 2.06. The molecule has 0 aliphatic heterocycles. The van der Waals surface area contributed by atoms with Crippen molar-refractivity contribution in [1.29, 1.82) is 0 Å². The fourth-order valence-electron chi connectivity index (χ4n) is 0.927. The zero-order chi connectivity index (χ0) is 9.14. The van der Waals surface area contributed by atoms with E-state index in [1.54, 1.807) is 20.0 Å². The molecule has 1 heterocycles. The second kappa shape index (κ2) is 3.21. The summed E-state index contributed by atoms with van der Waals surface area (Å²) < 4.78 is 0. The predicted molar refractivity (Wildman–Crippen MR) is 44.8 cm³/mol. The lowest BCUT2D eigenvalue weighted by molar-refractivity contribution is 0.321. The van der Waals surface area contributed by atoms with E-state index in [2.05, 4.69) is 10.1 Å². The second-order valence-electron chi connectivity index (χ2n) is 2.53. The van der Waals surface area contributed by atoms with Gasteiger partial charge in [-0.1, -0.05) is 5.16 Å². The number of nitrogens with zero attached hydrogens (tertiary/aromatic N) is 2. The quantitative estimate of drug-likeness (QED) is 0.374. The van der Waals surface area contributed by atoms with Gasteiger partial charge in [-0.2, -0.15) is 0 Å². The Hall–Kier alpha value is -1.58. The molecule has 1 aromatic rings. The maximum Gasteiger partial charge on any atom is 0.145 e. The molecule has 0 bridgehead atoms. The van der Waals surface area contributed by atoms with E-state index < -0.39 is 0 Å². The van der Waals surface area contributed by atoms with E-state index in [1.165, 1.54) is 6.21 Å². The normalized spacial score (nSPS) is 10.8. The van der Waals surface area contributed by atoms with Crippen molar-refractivity contribution in [2.24, 2.45) is 5.16 Å². The molecular formula is C8H10N2O2. The van der Waals surface area contributed by atoms with Gasteiger partial charge in [0.2, 0.25) is 0 Å². The highest BCUT2D eigenvalue weighted by molar-refractivity contribution is 5.85. The summed E-state index contributed by atoms with van der Waals surface area (Å²) in [7, 11) is 0. The molecule has 12 heavy (non-hydrogen) atoms. The number of oxime groups is 1. The summed E-state index contributed by atoms with van der Waals surface area (Å²) in [6.45, 7) is 3.46. The zero-order valence-corrected chi connectivity index (χ0v) is 6.94. The minimum Gasteiger partial charge on any atom is -0.505 e. The second-order valence-corrected chi connectivity index (χ2v) is 2.53. The van der Waals surface area contributed by atoms with E-state index in [1.807, 2.05) is 0 Å². The number of aryl methyl sites for hydroxylation is 2. The van der Waals surface area contributed by atoms with Crippen LogP contribution < -0.4 is 0 Å². The molecule has 0 unspecified atom stereocenters. The summed E-state index contributed by atoms with van der Waals surface area (Å²) in [6.07, 6.45) is 2.81. The fraction of sp³-hybridized carbons (Fsp3) is 0.250. The molecule has 0 aliphatic carbocycles. The molecule has 64 valence electrons. The van der Waals surface area contributed by atoms with E-state index >= 15 is 0 Å². The van der Waals surface area contributed by atoms with Crippen LogP contribution in [0.4, 0.5) is 0 Å². The van der Waals surface area contributed by atoms with Crippen molar-refractivity contribution in [2.75, 3.05) is 0 Å². The van der Waals surface area contributed by atoms with Gasteiger partial charge in [-0.25, -0.2) is 0 Å². The van der Waals surface area contributed by atoms with Gasteiger partial charge >= 0.3 is 0 Å². The maximum absolute atomic E-state index is 9.44. The molecule has 0 atom stereocenters. The smallest absolute Gasteiger partial charge is 0.145 e. The van der Waals surface area contributed by atoms with E-state index in [0.717, 1.165) is 5.56 Å². The lowest BCUT2D eigenvalue weighted by Crippen LogP contribution is -1.93. The summed E-state index contributed by atoms with van der Waals surface area (Å²) in [5, 5.41) is 20.6. The summed E-state index contributed by atoms with van der Waals surface area (Å²) in [6, 6.07) is 0. The van der Waals surface area contributed by atoms with Crippen LogP contribution in [-0.2, 0) is 0 Å². The maximum atomic E-state index is 9.44. The standard InChI is InChI=1S/C8H10N2O2/c1-5-3-9-6(2)8(11)7(5)4-10-12/h3-4,11-12H,1-2H3/b10-4+. The third-order valence-corrected chi connectivity index (χ3v) is 1.66. The third-order valence-electron chi connectivity index (χ3n) is 1.66. The van der Waals surface area contributed by atoms with Crippen LogP contribution in [0, 0.1) is 13.8 Å². The topological polar surface area (TPSA) is 65.7 Å². The highest BCUT2D eigenvalue weighted by Gasteiger charge is 2.05. The van der Waals surface area contributed by atoms with Crippen LogP contribution in [0.1, 0.15) is 16.8 Å². The van der Waals surface area contributed by atoms with Crippen LogP contribution in [0.5, 0.6) is 5.75 Å². The molecule has 0 fully saturated rings. The number of pyridine rings is 1. The Morgan fingerprint density at radius 1 is 1.50 bits per heavy atom. The number of aromatic nitrogens is 1. The van der Waals surface area contributed by atoms with Crippen LogP contribution in [0.25, 0.3) is 0 Å². The molecule has 0 aromatic carbocycles. The van der Waals surface area contributed by atoms with E-state index in [4.69, 9.17) is 5.21 Å². The van der Waals surface area contributed by atoms with Crippen LogP contribution in [0.15, 0.2) is 11.4 Å². The first-order chi connectivity index (χ1) is 5.66. The minimum atomic E-state index is 0.0628. The third kappa shape index (κ3) is 1.37. The monoisotopic (exact) mass is 166 g/mol. The van der Waals surface area contributed by atoms with Crippen molar-refractivity contribution in [3.05, 3.63) is 23.0 Å². The molecule has 0 aliphatic rings. The first-order valence-corrected chi connectivity index (χ1v) is 3.49. The number of rotatable bonds is 1. The SMILES string of the molecule is Cc1cnc(C)c(O)c1/C=N/O. The molecule has 0 spiro atoms. The van der Waals surface area contributed by atoms with Gasteiger partial charge in [-0.15, -0.1) is 0 Å². The number of hydrogen-bond acceptors (Lipinski definition) is 4. The summed E-state index contributed by atoms with van der Waals surface area (Å²) in [5.74, 6) is 0.0628. The number of aromatic hydroxyl groups is 1. The highest BCUT2D eigenvalue weighted by Crippen LogP contribution is 2.20. The van der Waals surface area contributed by atoms with Gasteiger partial charge in [-0.3, -0.25) is 4.98 Å². The van der Waals surface area contributed by atoms with Crippen LogP contribution in [-0.4, -0.2) is 21.5 Å². The van der Waals surface area contributed by atoms with Gasteiger partial charge < -0.3 is 10.3 Å². The summed E-state index contributed by atoms with van der Waals surface area (Å²) in [4.78, 5) is 3.93. The van der Waals surface area contributed by atoms with Gasteiger partial charge in [0.1, 0.15) is 5.75 Å². The van der Waals surface area contributed by atoms with Gasteiger partial charge in [0.15, 0.2) is 0 Å². The molecule has 0 amide bonds. The van der Waals surface area contributed by atoms with Gasteiger partial charge in [0.25, 0.3) is 0 Å². The first kappa shape index (κ1) is 8.52. The van der Waals surface area contributed by atoms with E-state index in [0.29, 0.717) is 11.3 Å². The van der Waals surface area contributed by atoms with Crippen LogP contribution in [0.3, 0.4) is 0 Å². The Morgan fingerprint density at radius 2 is 2.17 bits per heavy atom. The van der Waals surface area contributed by atoms with Crippen molar-refractivity contribution in [3.63, 3.8) is 0 Å². The van der Waals surface area contributed by atoms with Crippen molar-refractivity contribution in [2.45, 2.75) is 13.8 Å². The summed E-state index contributed by atoms with van der Waals surface area (Å²) in [5.41, 5.74) is 1.80. The highest BCUT2D eigenvalue weighted by atomic mass is 16.4. The van der Waals surface area contributed by atoms with Gasteiger partial charge in [-0.05, 0) is 19.4 Å². The molecule has 4 heteroatoms. The van der Waals surface area contributed by atoms with Crippen LogP contribution >= 0.6 is 0 Å². The van der Waals surface area contributed by atoms with Crippen molar-refractivity contribution in [1.82, 2.24) is 4.98 Å². The molecule has 0 saturated heterocycles. The lowest BCUT2D eigenvalue weighted by atomic mass is 10.1. The molecule has 1 rings (SSSR count). The molecular weight excluding hydrogens is 156 g/mol. The Labute approximate surface area is 70.2 Å². The van der Waals surface area contributed by atoms with Crippen LogP contribution in [0.2, 0.25) is 0 Å². The Kier molecular flexibility index (Phi) is 2.28.